The summed E-state index contributed by atoms with van der Waals surface area (Å²) in [6.07, 6.45) is 5.74. The van der Waals surface area contributed by atoms with Gasteiger partial charge in [0.15, 0.2) is 5.82 Å². The van der Waals surface area contributed by atoms with E-state index in [-0.39, 0.29) is 0 Å². The van der Waals surface area contributed by atoms with Crippen molar-refractivity contribution < 1.29 is 0 Å². The number of aromatic nitrogens is 2. The van der Waals surface area contributed by atoms with E-state index in [4.69, 9.17) is 9.97 Å². The molecular weight excluding hydrogens is 324 g/mol. The Kier molecular flexibility index (Phi) is 5.12. The molecule has 0 amide bonds. The molecule has 0 unspecified atom stereocenters. The summed E-state index contributed by atoms with van der Waals surface area (Å²) >= 11 is 1.90. The van der Waals surface area contributed by atoms with Gasteiger partial charge in [0.05, 0.1) is 0 Å². The van der Waals surface area contributed by atoms with Crippen LogP contribution < -0.4 is 0 Å². The second-order valence-electron chi connectivity index (χ2n) is 6.43. The number of aryl methyl sites for hydroxylation is 2. The summed E-state index contributed by atoms with van der Waals surface area (Å²) in [6, 6.07) is 21.1. The van der Waals surface area contributed by atoms with Crippen molar-refractivity contribution in [3.05, 3.63) is 77.5 Å². The van der Waals surface area contributed by atoms with Gasteiger partial charge in [-0.3, -0.25) is 0 Å². The lowest BCUT2D eigenvalue weighted by atomic mass is 10.1. The molecule has 3 aromatic rings. The zero-order chi connectivity index (χ0) is 16.9. The summed E-state index contributed by atoms with van der Waals surface area (Å²) in [4.78, 5) is 9.75. The van der Waals surface area contributed by atoms with E-state index in [0.717, 1.165) is 36.4 Å². The number of thioether (sulfide) groups is 1. The Labute approximate surface area is 153 Å². The zero-order valence-corrected chi connectivity index (χ0v) is 15.1. The minimum atomic E-state index is 0.881. The fourth-order valence-electron chi connectivity index (χ4n) is 3.32. The van der Waals surface area contributed by atoms with E-state index in [9.17, 15) is 0 Å². The predicted octanol–water partition coefficient (Wildman–Crippen LogP) is 5.36. The summed E-state index contributed by atoms with van der Waals surface area (Å²) in [5.74, 6) is 1.99. The van der Waals surface area contributed by atoms with Gasteiger partial charge in [-0.25, -0.2) is 9.97 Å². The van der Waals surface area contributed by atoms with Crippen molar-refractivity contribution in [3.8, 4) is 11.4 Å². The van der Waals surface area contributed by atoms with Crippen LogP contribution in [-0.4, -0.2) is 15.7 Å². The maximum Gasteiger partial charge on any atom is 0.160 e. The molecular formula is C22H22N2S. The van der Waals surface area contributed by atoms with E-state index >= 15 is 0 Å². The molecule has 0 atom stereocenters. The minimum absolute atomic E-state index is 0.881. The van der Waals surface area contributed by atoms with Crippen molar-refractivity contribution in [2.45, 2.75) is 37.1 Å². The van der Waals surface area contributed by atoms with Crippen LogP contribution in [0.25, 0.3) is 11.4 Å². The van der Waals surface area contributed by atoms with E-state index in [1.54, 1.807) is 0 Å². The van der Waals surface area contributed by atoms with Crippen LogP contribution in [0.15, 0.2) is 65.7 Å². The summed E-state index contributed by atoms with van der Waals surface area (Å²) in [7, 11) is 0. The number of nitrogens with zero attached hydrogens (tertiary/aromatic N) is 2. The SMILES string of the molecule is c1ccc(CCCSc2nc(-c3ccccc3)nc3c2CCC3)cc1. The standard InChI is InChI=1S/C22H22N2S/c1-3-9-17(10-4-1)11-8-16-25-22-19-14-7-15-20(19)23-21(24-22)18-12-5-2-6-13-18/h1-6,9-10,12-13H,7-8,11,14-16H2. The van der Waals surface area contributed by atoms with Crippen molar-refractivity contribution in [1.29, 1.82) is 0 Å². The highest BCUT2D eigenvalue weighted by atomic mass is 32.2. The second-order valence-corrected chi connectivity index (χ2v) is 7.52. The topological polar surface area (TPSA) is 25.8 Å². The molecule has 1 aliphatic carbocycles. The van der Waals surface area contributed by atoms with Gasteiger partial charge in [0.25, 0.3) is 0 Å². The average Bonchev–Trinajstić information content (AvgIpc) is 3.15. The highest BCUT2D eigenvalue weighted by Gasteiger charge is 2.20. The Hall–Kier alpha value is -2.13. The van der Waals surface area contributed by atoms with E-state index in [0.29, 0.717) is 0 Å². The maximum absolute atomic E-state index is 4.91. The molecule has 2 nitrogen and oxygen atoms in total. The quantitative estimate of drug-likeness (QED) is 0.341. The highest BCUT2D eigenvalue weighted by Crippen LogP contribution is 2.32. The molecule has 1 aromatic heterocycles. The van der Waals surface area contributed by atoms with Crippen LogP contribution in [-0.2, 0) is 19.3 Å². The van der Waals surface area contributed by atoms with E-state index in [1.165, 1.54) is 34.7 Å². The third-order valence-electron chi connectivity index (χ3n) is 4.62. The summed E-state index contributed by atoms with van der Waals surface area (Å²) in [6.45, 7) is 0. The Morgan fingerprint density at radius 3 is 2.40 bits per heavy atom. The minimum Gasteiger partial charge on any atom is -0.233 e. The van der Waals surface area contributed by atoms with Crippen LogP contribution in [0.3, 0.4) is 0 Å². The smallest absolute Gasteiger partial charge is 0.160 e. The van der Waals surface area contributed by atoms with E-state index in [2.05, 4.69) is 54.6 Å². The van der Waals surface area contributed by atoms with Crippen molar-refractivity contribution in [3.63, 3.8) is 0 Å². The molecule has 0 radical (unpaired) electrons. The second kappa shape index (κ2) is 7.83. The molecule has 1 heterocycles. The number of hydrogen-bond donors (Lipinski definition) is 0. The van der Waals surface area contributed by atoms with Gasteiger partial charge in [-0.15, -0.1) is 11.8 Å². The van der Waals surface area contributed by atoms with Crippen LogP contribution in [0, 0.1) is 0 Å². The number of hydrogen-bond acceptors (Lipinski definition) is 3. The van der Waals surface area contributed by atoms with Gasteiger partial charge in [-0.1, -0.05) is 60.7 Å². The molecule has 0 spiro atoms. The van der Waals surface area contributed by atoms with Gasteiger partial charge in [0, 0.05) is 16.8 Å². The fourth-order valence-corrected chi connectivity index (χ4v) is 4.35. The van der Waals surface area contributed by atoms with E-state index in [1.807, 2.05) is 17.8 Å². The van der Waals surface area contributed by atoms with Crippen molar-refractivity contribution in [2.75, 3.05) is 5.75 Å². The normalized spacial score (nSPS) is 13.0. The first kappa shape index (κ1) is 16.3. The van der Waals surface area contributed by atoms with Gasteiger partial charge in [-0.05, 0) is 43.4 Å². The van der Waals surface area contributed by atoms with Crippen LogP contribution in [0.4, 0.5) is 0 Å². The fraction of sp³-hybridized carbons (Fsp3) is 0.273. The molecule has 25 heavy (non-hydrogen) atoms. The summed E-state index contributed by atoms with van der Waals surface area (Å²) in [5, 5.41) is 1.20. The van der Waals surface area contributed by atoms with Crippen LogP contribution in [0.5, 0.6) is 0 Å². The Balaban J connectivity index is 1.48. The maximum atomic E-state index is 4.91. The van der Waals surface area contributed by atoms with Crippen LogP contribution in [0.2, 0.25) is 0 Å². The Morgan fingerprint density at radius 1 is 0.840 bits per heavy atom. The lowest BCUT2D eigenvalue weighted by molar-refractivity contribution is 0.895. The first-order valence-electron chi connectivity index (χ1n) is 9.02. The molecule has 0 bridgehead atoms. The van der Waals surface area contributed by atoms with Gasteiger partial charge >= 0.3 is 0 Å². The molecule has 4 rings (SSSR count). The molecule has 0 saturated carbocycles. The Morgan fingerprint density at radius 2 is 1.60 bits per heavy atom. The van der Waals surface area contributed by atoms with Gasteiger partial charge in [0.2, 0.25) is 0 Å². The lowest BCUT2D eigenvalue weighted by Crippen LogP contribution is -2.00. The molecule has 2 aromatic carbocycles. The van der Waals surface area contributed by atoms with Crippen LogP contribution >= 0.6 is 11.8 Å². The highest BCUT2D eigenvalue weighted by molar-refractivity contribution is 7.99. The van der Waals surface area contributed by atoms with Crippen molar-refractivity contribution in [2.24, 2.45) is 0 Å². The number of rotatable bonds is 6. The Bertz CT molecular complexity index is 831. The zero-order valence-electron chi connectivity index (χ0n) is 14.3. The molecule has 0 N–H and O–H groups in total. The third kappa shape index (κ3) is 3.93. The van der Waals surface area contributed by atoms with Gasteiger partial charge < -0.3 is 0 Å². The first-order chi connectivity index (χ1) is 12.4. The van der Waals surface area contributed by atoms with Gasteiger partial charge in [-0.2, -0.15) is 0 Å². The third-order valence-corrected chi connectivity index (χ3v) is 5.72. The number of fused-ring (bicyclic) bond motifs is 1. The predicted molar refractivity (Wildman–Crippen MR) is 105 cm³/mol. The van der Waals surface area contributed by atoms with Crippen molar-refractivity contribution >= 4 is 11.8 Å². The molecule has 0 aliphatic heterocycles. The number of benzene rings is 2. The van der Waals surface area contributed by atoms with Crippen LogP contribution in [0.1, 0.15) is 29.7 Å². The van der Waals surface area contributed by atoms with Crippen molar-refractivity contribution in [1.82, 2.24) is 9.97 Å². The van der Waals surface area contributed by atoms with Gasteiger partial charge in [0.1, 0.15) is 5.03 Å². The molecule has 126 valence electrons. The largest absolute Gasteiger partial charge is 0.233 e. The average molecular weight is 346 g/mol. The lowest BCUT2D eigenvalue weighted by Gasteiger charge is -2.10. The molecule has 0 saturated heterocycles. The summed E-state index contributed by atoms with van der Waals surface area (Å²) < 4.78 is 0. The molecule has 3 heteroatoms. The molecule has 0 fully saturated rings. The monoisotopic (exact) mass is 346 g/mol. The summed E-state index contributed by atoms with van der Waals surface area (Å²) in [5.41, 5.74) is 5.19. The molecule has 1 aliphatic rings. The first-order valence-corrected chi connectivity index (χ1v) is 10.0. The van der Waals surface area contributed by atoms with E-state index < -0.39 is 0 Å².